The Kier molecular flexibility index (Phi) is 4.45. The summed E-state index contributed by atoms with van der Waals surface area (Å²) >= 11 is 0. The minimum absolute atomic E-state index is 0.854. The van der Waals surface area contributed by atoms with Gasteiger partial charge in [-0.15, -0.1) is 0 Å². The van der Waals surface area contributed by atoms with Crippen LogP contribution >= 0.6 is 0 Å². The molecule has 0 aliphatic heterocycles. The fourth-order valence-electron chi connectivity index (χ4n) is 1.22. The van der Waals surface area contributed by atoms with Gasteiger partial charge in [0.05, 0.1) is 11.4 Å². The van der Waals surface area contributed by atoms with Crippen molar-refractivity contribution in [2.45, 2.75) is 0 Å². The SMILES string of the molecule is [B](ONc1ccccc1)ONc1ccccc1. The van der Waals surface area contributed by atoms with Crippen LogP contribution in [0.1, 0.15) is 0 Å². The van der Waals surface area contributed by atoms with Crippen LogP contribution in [0.25, 0.3) is 0 Å². The number of nitrogens with one attached hydrogen (secondary N) is 2. The lowest BCUT2D eigenvalue weighted by atomic mass is 10.3. The molecular formula is C12H12BN2O2. The van der Waals surface area contributed by atoms with Gasteiger partial charge in [-0.05, 0) is 24.3 Å². The lowest BCUT2D eigenvalue weighted by Crippen LogP contribution is -2.13. The zero-order chi connectivity index (χ0) is 11.8. The highest BCUT2D eigenvalue weighted by Gasteiger charge is 1.95. The second-order valence-corrected chi connectivity index (χ2v) is 3.27. The van der Waals surface area contributed by atoms with Crippen LogP contribution in [0.5, 0.6) is 0 Å². The molecule has 85 valence electrons. The maximum atomic E-state index is 4.98. The van der Waals surface area contributed by atoms with Gasteiger partial charge in [0, 0.05) is 0 Å². The van der Waals surface area contributed by atoms with Crippen LogP contribution in [0.4, 0.5) is 11.4 Å². The van der Waals surface area contributed by atoms with Gasteiger partial charge in [-0.2, -0.15) is 0 Å². The van der Waals surface area contributed by atoms with E-state index in [1.54, 1.807) is 0 Å². The summed E-state index contributed by atoms with van der Waals surface area (Å²) in [5, 5.41) is 0. The lowest BCUT2D eigenvalue weighted by Gasteiger charge is -2.07. The first kappa shape index (κ1) is 11.5. The van der Waals surface area contributed by atoms with Crippen LogP contribution in [0.3, 0.4) is 0 Å². The molecule has 0 heterocycles. The Hall–Kier alpha value is -1.98. The standard InChI is InChI=1S/C12H12BN2O2/c1-3-7-11(8-4-1)14-16-13-17-15-12-9-5-2-6-10-12/h1-10,14-15H. The van der Waals surface area contributed by atoms with E-state index >= 15 is 0 Å². The fraction of sp³-hybridized carbons (Fsp3) is 0. The van der Waals surface area contributed by atoms with Crippen molar-refractivity contribution in [1.82, 2.24) is 0 Å². The Bertz CT molecular complexity index is 384. The molecule has 0 saturated carbocycles. The average molecular weight is 227 g/mol. The van der Waals surface area contributed by atoms with E-state index in [1.165, 1.54) is 7.69 Å². The van der Waals surface area contributed by atoms with Gasteiger partial charge in [0.15, 0.2) is 0 Å². The summed E-state index contributed by atoms with van der Waals surface area (Å²) in [6.45, 7) is 0. The molecule has 0 unspecified atom stereocenters. The van der Waals surface area contributed by atoms with E-state index in [0.29, 0.717) is 0 Å². The van der Waals surface area contributed by atoms with Crippen molar-refractivity contribution >= 4 is 19.1 Å². The van der Waals surface area contributed by atoms with Crippen molar-refractivity contribution in [3.63, 3.8) is 0 Å². The van der Waals surface area contributed by atoms with Gasteiger partial charge in [0.2, 0.25) is 0 Å². The molecule has 0 bridgehead atoms. The van der Waals surface area contributed by atoms with Crippen LogP contribution in [-0.4, -0.2) is 7.69 Å². The molecule has 5 heteroatoms. The van der Waals surface area contributed by atoms with Gasteiger partial charge in [0.25, 0.3) is 0 Å². The summed E-state index contributed by atoms with van der Waals surface area (Å²) in [7, 11) is 1.18. The zero-order valence-electron chi connectivity index (χ0n) is 9.17. The third-order valence-electron chi connectivity index (χ3n) is 2.00. The third kappa shape index (κ3) is 4.18. The number of hydrogen-bond donors (Lipinski definition) is 2. The summed E-state index contributed by atoms with van der Waals surface area (Å²) < 4.78 is 9.96. The van der Waals surface area contributed by atoms with Crippen molar-refractivity contribution in [3.05, 3.63) is 60.7 Å². The van der Waals surface area contributed by atoms with E-state index in [2.05, 4.69) is 11.0 Å². The number of hydrogen-bond acceptors (Lipinski definition) is 4. The van der Waals surface area contributed by atoms with Crippen molar-refractivity contribution in [3.8, 4) is 0 Å². The van der Waals surface area contributed by atoms with Crippen molar-refractivity contribution in [1.29, 1.82) is 0 Å². The minimum atomic E-state index is 0.854. The van der Waals surface area contributed by atoms with Crippen molar-refractivity contribution in [2.75, 3.05) is 11.0 Å². The number of benzene rings is 2. The van der Waals surface area contributed by atoms with Gasteiger partial charge in [0.1, 0.15) is 0 Å². The van der Waals surface area contributed by atoms with E-state index in [4.69, 9.17) is 9.51 Å². The van der Waals surface area contributed by atoms with Crippen LogP contribution in [0.15, 0.2) is 60.7 Å². The van der Waals surface area contributed by atoms with E-state index < -0.39 is 0 Å². The maximum Gasteiger partial charge on any atom is 0.537 e. The predicted octanol–water partition coefficient (Wildman–Crippen LogP) is 2.61. The van der Waals surface area contributed by atoms with E-state index in [1.807, 2.05) is 60.7 Å². The molecule has 0 aromatic heterocycles. The van der Waals surface area contributed by atoms with Crippen LogP contribution in [0.2, 0.25) is 0 Å². The summed E-state index contributed by atoms with van der Waals surface area (Å²) in [5.41, 5.74) is 7.13. The normalized spacial score (nSPS) is 9.65. The highest BCUT2D eigenvalue weighted by molar-refractivity contribution is 6.18. The maximum absolute atomic E-state index is 4.98. The van der Waals surface area contributed by atoms with E-state index in [9.17, 15) is 0 Å². The van der Waals surface area contributed by atoms with Gasteiger partial charge in [-0.3, -0.25) is 11.0 Å². The average Bonchev–Trinajstić information content (AvgIpc) is 2.41. The molecule has 0 amide bonds. The summed E-state index contributed by atoms with van der Waals surface area (Å²) in [6.07, 6.45) is 0. The molecule has 0 fully saturated rings. The smallest absolute Gasteiger partial charge is 0.300 e. The molecule has 4 nitrogen and oxygen atoms in total. The Morgan fingerprint density at radius 3 is 1.47 bits per heavy atom. The van der Waals surface area contributed by atoms with Crippen molar-refractivity contribution < 1.29 is 9.51 Å². The minimum Gasteiger partial charge on any atom is -0.300 e. The predicted molar refractivity (Wildman–Crippen MR) is 68.1 cm³/mol. The quantitative estimate of drug-likeness (QED) is 0.452. The van der Waals surface area contributed by atoms with Crippen molar-refractivity contribution in [2.24, 2.45) is 0 Å². The molecule has 0 aliphatic rings. The molecule has 2 N–H and O–H groups in total. The summed E-state index contributed by atoms with van der Waals surface area (Å²) in [5.74, 6) is 0. The number of anilines is 2. The number of rotatable bonds is 6. The summed E-state index contributed by atoms with van der Waals surface area (Å²) in [6, 6.07) is 19.1. The fourth-order valence-corrected chi connectivity index (χ4v) is 1.22. The Labute approximate surface area is 101 Å². The monoisotopic (exact) mass is 227 g/mol. The van der Waals surface area contributed by atoms with Gasteiger partial charge < -0.3 is 9.51 Å². The highest BCUT2D eigenvalue weighted by Crippen LogP contribution is 2.05. The molecule has 0 atom stereocenters. The molecule has 0 aliphatic carbocycles. The van der Waals surface area contributed by atoms with Crippen LogP contribution < -0.4 is 11.0 Å². The Morgan fingerprint density at radius 1 is 0.647 bits per heavy atom. The molecule has 2 rings (SSSR count). The van der Waals surface area contributed by atoms with Gasteiger partial charge >= 0.3 is 7.69 Å². The summed E-state index contributed by atoms with van der Waals surface area (Å²) in [4.78, 5) is 0. The molecule has 0 saturated heterocycles. The molecule has 0 spiro atoms. The second-order valence-electron chi connectivity index (χ2n) is 3.27. The van der Waals surface area contributed by atoms with Gasteiger partial charge in [-0.1, -0.05) is 36.4 Å². The molecule has 1 radical (unpaired) electrons. The zero-order valence-corrected chi connectivity index (χ0v) is 9.17. The Balaban J connectivity index is 1.61. The Morgan fingerprint density at radius 2 is 1.06 bits per heavy atom. The first-order chi connectivity index (χ1) is 8.45. The highest BCUT2D eigenvalue weighted by atomic mass is 16.7. The van der Waals surface area contributed by atoms with Crippen LogP contribution in [0, 0.1) is 0 Å². The molecule has 2 aromatic carbocycles. The first-order valence-corrected chi connectivity index (χ1v) is 5.20. The second kappa shape index (κ2) is 6.57. The topological polar surface area (TPSA) is 42.5 Å². The van der Waals surface area contributed by atoms with Gasteiger partial charge in [-0.25, -0.2) is 0 Å². The van der Waals surface area contributed by atoms with E-state index in [0.717, 1.165) is 11.4 Å². The van der Waals surface area contributed by atoms with Crippen LogP contribution in [-0.2, 0) is 9.51 Å². The largest absolute Gasteiger partial charge is 0.537 e. The molecular weight excluding hydrogens is 215 g/mol. The lowest BCUT2D eigenvalue weighted by molar-refractivity contribution is 0.301. The number of para-hydroxylation sites is 2. The first-order valence-electron chi connectivity index (χ1n) is 5.20. The molecule has 2 aromatic rings. The third-order valence-corrected chi connectivity index (χ3v) is 2.00. The molecule has 17 heavy (non-hydrogen) atoms. The van der Waals surface area contributed by atoms with E-state index in [-0.39, 0.29) is 0 Å².